The average molecular weight is 247 g/mol. The predicted molar refractivity (Wildman–Crippen MR) is 67.3 cm³/mol. The molecule has 0 saturated carbocycles. The third kappa shape index (κ3) is 3.09. The van der Waals surface area contributed by atoms with E-state index in [2.05, 4.69) is 0 Å². The minimum atomic E-state index is -0.0572. The molecule has 0 aromatic heterocycles. The molecule has 1 atom stereocenters. The first kappa shape index (κ1) is 12.6. The first-order valence-corrected chi connectivity index (χ1v) is 6.15. The number of likely N-dealkylation sites (tertiary alicyclic amines) is 1. The SMILES string of the molecule is CC1CN(C(=O)COc2ccccc2)CCC1=O. The highest BCUT2D eigenvalue weighted by molar-refractivity contribution is 5.85. The van der Waals surface area contributed by atoms with E-state index in [9.17, 15) is 9.59 Å². The third-order valence-electron chi connectivity index (χ3n) is 3.13. The Morgan fingerprint density at radius 1 is 1.39 bits per heavy atom. The summed E-state index contributed by atoms with van der Waals surface area (Å²) >= 11 is 0. The highest BCUT2D eigenvalue weighted by Gasteiger charge is 2.26. The van der Waals surface area contributed by atoms with Crippen LogP contribution < -0.4 is 4.74 Å². The Labute approximate surface area is 107 Å². The van der Waals surface area contributed by atoms with Gasteiger partial charge < -0.3 is 9.64 Å². The first-order valence-electron chi connectivity index (χ1n) is 6.15. The van der Waals surface area contributed by atoms with Crippen molar-refractivity contribution >= 4 is 11.7 Å². The topological polar surface area (TPSA) is 46.6 Å². The number of Topliss-reactive ketones (excluding diaryl/α,β-unsaturated/α-hetero) is 1. The minimum Gasteiger partial charge on any atom is -0.484 e. The van der Waals surface area contributed by atoms with Gasteiger partial charge in [0.15, 0.2) is 6.61 Å². The molecule has 1 aliphatic heterocycles. The van der Waals surface area contributed by atoms with E-state index >= 15 is 0 Å². The van der Waals surface area contributed by atoms with Gasteiger partial charge in [-0.2, -0.15) is 0 Å². The van der Waals surface area contributed by atoms with Gasteiger partial charge in [0, 0.05) is 25.4 Å². The third-order valence-corrected chi connectivity index (χ3v) is 3.13. The number of carbonyl (C=O) groups excluding carboxylic acids is 2. The summed E-state index contributed by atoms with van der Waals surface area (Å²) in [6.07, 6.45) is 0.457. The van der Waals surface area contributed by atoms with E-state index in [4.69, 9.17) is 4.74 Å². The lowest BCUT2D eigenvalue weighted by molar-refractivity contribution is -0.138. The van der Waals surface area contributed by atoms with Gasteiger partial charge in [0.2, 0.25) is 0 Å². The molecular formula is C14H17NO3. The number of para-hydroxylation sites is 1. The van der Waals surface area contributed by atoms with E-state index in [1.165, 1.54) is 0 Å². The van der Waals surface area contributed by atoms with E-state index in [0.717, 1.165) is 0 Å². The quantitative estimate of drug-likeness (QED) is 0.813. The Bertz CT molecular complexity index is 430. The molecule has 0 N–H and O–H groups in total. The van der Waals surface area contributed by atoms with Gasteiger partial charge >= 0.3 is 0 Å². The normalized spacial score (nSPS) is 19.7. The number of piperidine rings is 1. The van der Waals surface area contributed by atoms with Crippen molar-refractivity contribution in [1.82, 2.24) is 4.90 Å². The van der Waals surface area contributed by atoms with Gasteiger partial charge in [-0.1, -0.05) is 25.1 Å². The molecule has 1 aliphatic rings. The second kappa shape index (κ2) is 5.67. The summed E-state index contributed by atoms with van der Waals surface area (Å²) in [4.78, 5) is 25.0. The van der Waals surface area contributed by atoms with Gasteiger partial charge in [-0.3, -0.25) is 9.59 Å². The van der Waals surface area contributed by atoms with Gasteiger partial charge in [0.1, 0.15) is 11.5 Å². The Morgan fingerprint density at radius 2 is 2.11 bits per heavy atom. The monoisotopic (exact) mass is 247 g/mol. The van der Waals surface area contributed by atoms with E-state index < -0.39 is 0 Å². The van der Waals surface area contributed by atoms with Crippen LogP contribution in [0.3, 0.4) is 0 Å². The second-order valence-electron chi connectivity index (χ2n) is 4.56. The van der Waals surface area contributed by atoms with Crippen LogP contribution in [0.2, 0.25) is 0 Å². The van der Waals surface area contributed by atoms with Crippen molar-refractivity contribution in [2.75, 3.05) is 19.7 Å². The lowest BCUT2D eigenvalue weighted by Gasteiger charge is -2.29. The highest BCUT2D eigenvalue weighted by atomic mass is 16.5. The van der Waals surface area contributed by atoms with Crippen LogP contribution in [-0.4, -0.2) is 36.3 Å². The van der Waals surface area contributed by atoms with Gasteiger partial charge in [-0.05, 0) is 12.1 Å². The van der Waals surface area contributed by atoms with E-state index in [0.29, 0.717) is 25.3 Å². The molecule has 1 heterocycles. The molecule has 1 fully saturated rings. The summed E-state index contributed by atoms with van der Waals surface area (Å²) in [5.74, 6) is 0.813. The van der Waals surface area contributed by atoms with Crippen molar-refractivity contribution in [2.24, 2.45) is 5.92 Å². The van der Waals surface area contributed by atoms with Crippen LogP contribution in [0.1, 0.15) is 13.3 Å². The summed E-state index contributed by atoms with van der Waals surface area (Å²) in [6, 6.07) is 9.25. The Kier molecular flexibility index (Phi) is 3.97. The molecule has 18 heavy (non-hydrogen) atoms. The molecule has 1 aromatic carbocycles. The molecule has 0 aliphatic carbocycles. The average Bonchev–Trinajstić information content (AvgIpc) is 2.40. The van der Waals surface area contributed by atoms with Crippen molar-refractivity contribution in [2.45, 2.75) is 13.3 Å². The highest BCUT2D eigenvalue weighted by Crippen LogP contribution is 2.13. The van der Waals surface area contributed by atoms with Crippen LogP contribution >= 0.6 is 0 Å². The fourth-order valence-corrected chi connectivity index (χ4v) is 1.99. The summed E-state index contributed by atoms with van der Waals surface area (Å²) in [5, 5.41) is 0. The fraction of sp³-hybridized carbons (Fsp3) is 0.429. The molecule has 96 valence electrons. The van der Waals surface area contributed by atoms with Crippen molar-refractivity contribution in [3.05, 3.63) is 30.3 Å². The zero-order valence-electron chi connectivity index (χ0n) is 10.5. The van der Waals surface area contributed by atoms with Gasteiger partial charge in [-0.15, -0.1) is 0 Å². The summed E-state index contributed by atoms with van der Waals surface area (Å²) in [6.45, 7) is 2.92. The van der Waals surface area contributed by atoms with E-state index in [-0.39, 0.29) is 24.2 Å². The number of rotatable bonds is 3. The molecule has 4 heteroatoms. The number of benzene rings is 1. The molecule has 0 radical (unpaired) electrons. The maximum Gasteiger partial charge on any atom is 0.260 e. The van der Waals surface area contributed by atoms with Crippen LogP contribution in [0, 0.1) is 5.92 Å². The standard InChI is InChI=1S/C14H17NO3/c1-11-9-15(8-7-13(11)16)14(17)10-18-12-5-3-2-4-6-12/h2-6,11H,7-10H2,1H3. The molecule has 1 aromatic rings. The molecule has 1 unspecified atom stereocenters. The van der Waals surface area contributed by atoms with Crippen molar-refractivity contribution < 1.29 is 14.3 Å². The first-order chi connectivity index (χ1) is 8.66. The van der Waals surface area contributed by atoms with Crippen molar-refractivity contribution in [1.29, 1.82) is 0 Å². The fourth-order valence-electron chi connectivity index (χ4n) is 1.99. The molecular weight excluding hydrogens is 230 g/mol. The van der Waals surface area contributed by atoms with Gasteiger partial charge in [0.05, 0.1) is 0 Å². The number of hydrogen-bond donors (Lipinski definition) is 0. The zero-order chi connectivity index (χ0) is 13.0. The molecule has 2 rings (SSSR count). The Morgan fingerprint density at radius 3 is 2.78 bits per heavy atom. The van der Waals surface area contributed by atoms with Crippen molar-refractivity contribution in [3.63, 3.8) is 0 Å². The van der Waals surface area contributed by atoms with Gasteiger partial charge in [0.25, 0.3) is 5.91 Å². The van der Waals surface area contributed by atoms with Crippen LogP contribution in [0.4, 0.5) is 0 Å². The van der Waals surface area contributed by atoms with Gasteiger partial charge in [-0.25, -0.2) is 0 Å². The summed E-state index contributed by atoms with van der Waals surface area (Å²) in [7, 11) is 0. The predicted octanol–water partition coefficient (Wildman–Crippen LogP) is 1.50. The largest absolute Gasteiger partial charge is 0.484 e. The van der Waals surface area contributed by atoms with Crippen LogP contribution in [-0.2, 0) is 9.59 Å². The van der Waals surface area contributed by atoms with Crippen LogP contribution in [0.5, 0.6) is 5.75 Å². The van der Waals surface area contributed by atoms with Crippen LogP contribution in [0.25, 0.3) is 0 Å². The number of carbonyl (C=O) groups is 2. The lowest BCUT2D eigenvalue weighted by Crippen LogP contribution is -2.45. The van der Waals surface area contributed by atoms with Crippen LogP contribution in [0.15, 0.2) is 30.3 Å². The summed E-state index contributed by atoms with van der Waals surface area (Å²) < 4.78 is 5.41. The number of nitrogens with zero attached hydrogens (tertiary/aromatic N) is 1. The molecule has 1 amide bonds. The smallest absolute Gasteiger partial charge is 0.260 e. The zero-order valence-corrected chi connectivity index (χ0v) is 10.5. The second-order valence-corrected chi connectivity index (χ2v) is 4.56. The van der Waals surface area contributed by atoms with E-state index in [1.807, 2.05) is 37.3 Å². The number of ether oxygens (including phenoxy) is 1. The van der Waals surface area contributed by atoms with E-state index in [1.54, 1.807) is 4.90 Å². The molecule has 1 saturated heterocycles. The maximum absolute atomic E-state index is 11.9. The number of hydrogen-bond acceptors (Lipinski definition) is 3. The number of ketones is 1. The molecule has 0 spiro atoms. The maximum atomic E-state index is 11.9. The Hall–Kier alpha value is -1.84. The molecule has 0 bridgehead atoms. The minimum absolute atomic E-state index is 0.0327. The Balaban J connectivity index is 1.83. The summed E-state index contributed by atoms with van der Waals surface area (Å²) in [5.41, 5.74) is 0. The number of amides is 1. The lowest BCUT2D eigenvalue weighted by atomic mass is 9.99. The molecule has 4 nitrogen and oxygen atoms in total. The van der Waals surface area contributed by atoms with Crippen molar-refractivity contribution in [3.8, 4) is 5.75 Å².